The van der Waals surface area contributed by atoms with E-state index in [2.05, 4.69) is 5.32 Å². The highest BCUT2D eigenvalue weighted by Gasteiger charge is 2.24. The van der Waals surface area contributed by atoms with Crippen LogP contribution in [0.5, 0.6) is 11.5 Å². The Morgan fingerprint density at radius 2 is 1.73 bits per heavy atom. The monoisotopic (exact) mass is 326 g/mol. The van der Waals surface area contributed by atoms with Crippen LogP contribution < -0.4 is 14.8 Å². The van der Waals surface area contributed by atoms with E-state index in [0.29, 0.717) is 35.3 Å². The minimum Gasteiger partial charge on any atom is -0.495 e. The van der Waals surface area contributed by atoms with Gasteiger partial charge >= 0.3 is 11.8 Å². The van der Waals surface area contributed by atoms with Crippen molar-refractivity contribution in [2.45, 2.75) is 19.3 Å². The van der Waals surface area contributed by atoms with E-state index in [1.807, 2.05) is 0 Å². The van der Waals surface area contributed by atoms with Crippen molar-refractivity contribution in [1.82, 2.24) is 4.90 Å². The van der Waals surface area contributed by atoms with Crippen LogP contribution in [0, 0.1) is 0 Å². The number of piperidine rings is 1. The second kappa shape index (κ2) is 7.35. The number of nitrogens with one attached hydrogen (secondary N) is 1. The molecule has 2 amide bonds. The van der Waals surface area contributed by atoms with Gasteiger partial charge in [-0.3, -0.25) is 9.59 Å². The molecule has 0 spiro atoms. The van der Waals surface area contributed by atoms with Gasteiger partial charge in [0.15, 0.2) is 0 Å². The number of hydrogen-bond acceptors (Lipinski definition) is 4. The van der Waals surface area contributed by atoms with E-state index >= 15 is 0 Å². The number of benzene rings is 1. The summed E-state index contributed by atoms with van der Waals surface area (Å²) in [6.07, 6.45) is 2.95. The molecule has 1 aliphatic heterocycles. The number of rotatable bonds is 3. The van der Waals surface area contributed by atoms with Crippen LogP contribution in [-0.2, 0) is 9.59 Å². The van der Waals surface area contributed by atoms with Gasteiger partial charge in [-0.05, 0) is 19.3 Å². The normalized spacial score (nSPS) is 14.4. The summed E-state index contributed by atoms with van der Waals surface area (Å²) in [5.41, 5.74) is 0.346. The van der Waals surface area contributed by atoms with Gasteiger partial charge in [0.25, 0.3) is 0 Å². The third-order valence-corrected chi connectivity index (χ3v) is 3.86. The van der Waals surface area contributed by atoms with Crippen LogP contribution in [0.3, 0.4) is 0 Å². The third-order valence-electron chi connectivity index (χ3n) is 3.56. The lowest BCUT2D eigenvalue weighted by Crippen LogP contribution is -2.42. The Morgan fingerprint density at radius 1 is 1.09 bits per heavy atom. The number of nitrogens with zero attached hydrogens (tertiary/aromatic N) is 1. The predicted octanol–water partition coefficient (Wildman–Crippen LogP) is 2.31. The summed E-state index contributed by atoms with van der Waals surface area (Å²) in [7, 11) is 2.93. The predicted molar refractivity (Wildman–Crippen MR) is 83.6 cm³/mol. The zero-order valence-electron chi connectivity index (χ0n) is 12.6. The zero-order chi connectivity index (χ0) is 16.1. The summed E-state index contributed by atoms with van der Waals surface area (Å²) >= 11 is 6.01. The molecule has 7 heteroatoms. The van der Waals surface area contributed by atoms with E-state index in [1.165, 1.54) is 26.4 Å². The van der Waals surface area contributed by atoms with Crippen molar-refractivity contribution in [3.63, 3.8) is 0 Å². The molecule has 6 nitrogen and oxygen atoms in total. The average molecular weight is 327 g/mol. The van der Waals surface area contributed by atoms with Gasteiger partial charge in [-0.2, -0.15) is 0 Å². The van der Waals surface area contributed by atoms with Crippen LogP contribution in [0.4, 0.5) is 5.69 Å². The second-order valence-electron chi connectivity index (χ2n) is 4.99. The van der Waals surface area contributed by atoms with Crippen molar-refractivity contribution < 1.29 is 19.1 Å². The molecule has 120 valence electrons. The number of carbonyl (C=O) groups excluding carboxylic acids is 2. The van der Waals surface area contributed by atoms with Gasteiger partial charge in [0, 0.05) is 25.2 Å². The van der Waals surface area contributed by atoms with Crippen molar-refractivity contribution in [2.24, 2.45) is 0 Å². The number of amides is 2. The van der Waals surface area contributed by atoms with Gasteiger partial charge in [0.1, 0.15) is 11.5 Å². The van der Waals surface area contributed by atoms with Gasteiger partial charge in [-0.25, -0.2) is 0 Å². The summed E-state index contributed by atoms with van der Waals surface area (Å²) in [6, 6.07) is 3.06. The fraction of sp³-hybridized carbons (Fsp3) is 0.467. The van der Waals surface area contributed by atoms with Crippen LogP contribution in [0.25, 0.3) is 0 Å². The van der Waals surface area contributed by atoms with E-state index in [1.54, 1.807) is 4.90 Å². The lowest BCUT2D eigenvalue weighted by Gasteiger charge is -2.26. The maximum absolute atomic E-state index is 12.1. The molecule has 0 bridgehead atoms. The largest absolute Gasteiger partial charge is 0.495 e. The minimum absolute atomic E-state index is 0.346. The van der Waals surface area contributed by atoms with E-state index in [9.17, 15) is 9.59 Å². The molecule has 1 aliphatic rings. The zero-order valence-corrected chi connectivity index (χ0v) is 13.4. The van der Waals surface area contributed by atoms with Gasteiger partial charge in [-0.15, -0.1) is 0 Å². The Morgan fingerprint density at radius 3 is 2.32 bits per heavy atom. The molecule has 1 fully saturated rings. The number of halogens is 1. The summed E-state index contributed by atoms with van der Waals surface area (Å²) in [4.78, 5) is 25.8. The third kappa shape index (κ3) is 3.62. The molecule has 0 unspecified atom stereocenters. The minimum atomic E-state index is -0.690. The van der Waals surface area contributed by atoms with Crippen LogP contribution in [0.15, 0.2) is 12.1 Å². The molecule has 0 radical (unpaired) electrons. The van der Waals surface area contributed by atoms with Crippen molar-refractivity contribution >= 4 is 29.1 Å². The fourth-order valence-corrected chi connectivity index (χ4v) is 2.61. The number of carbonyl (C=O) groups is 2. The Bertz CT molecular complexity index is 571. The highest BCUT2D eigenvalue weighted by atomic mass is 35.5. The number of likely N-dealkylation sites (tertiary alicyclic amines) is 1. The molecule has 0 aromatic heterocycles. The molecule has 0 atom stereocenters. The molecule has 0 saturated carbocycles. The molecular weight excluding hydrogens is 308 g/mol. The van der Waals surface area contributed by atoms with Gasteiger partial charge in [0.05, 0.1) is 24.9 Å². The first-order valence-corrected chi connectivity index (χ1v) is 7.46. The first-order valence-electron chi connectivity index (χ1n) is 7.08. The molecule has 22 heavy (non-hydrogen) atoms. The standard InChI is InChI=1S/C15H19ClN2O4/c1-21-12-9-11(13(22-2)8-10(12)16)17-14(19)15(20)18-6-4-3-5-7-18/h8-9H,3-7H2,1-2H3,(H,17,19). The van der Waals surface area contributed by atoms with Crippen molar-refractivity contribution in [1.29, 1.82) is 0 Å². The molecule has 1 heterocycles. The Hall–Kier alpha value is -1.95. The second-order valence-corrected chi connectivity index (χ2v) is 5.40. The van der Waals surface area contributed by atoms with Gasteiger partial charge < -0.3 is 19.7 Å². The molecule has 1 N–H and O–H groups in total. The van der Waals surface area contributed by atoms with Crippen molar-refractivity contribution in [3.05, 3.63) is 17.2 Å². The molecule has 1 saturated heterocycles. The summed E-state index contributed by atoms with van der Waals surface area (Å²) in [5, 5.41) is 2.93. The quantitative estimate of drug-likeness (QED) is 0.865. The summed E-state index contributed by atoms with van der Waals surface area (Å²) < 4.78 is 10.3. The maximum Gasteiger partial charge on any atom is 0.314 e. The lowest BCUT2D eigenvalue weighted by molar-refractivity contribution is -0.143. The van der Waals surface area contributed by atoms with Crippen LogP contribution in [0.2, 0.25) is 5.02 Å². The smallest absolute Gasteiger partial charge is 0.314 e. The highest BCUT2D eigenvalue weighted by molar-refractivity contribution is 6.40. The van der Waals surface area contributed by atoms with Crippen molar-refractivity contribution in [3.8, 4) is 11.5 Å². The van der Waals surface area contributed by atoms with Crippen molar-refractivity contribution in [2.75, 3.05) is 32.6 Å². The summed E-state index contributed by atoms with van der Waals surface area (Å²) in [6.45, 7) is 1.24. The molecule has 0 aliphatic carbocycles. The Labute approximate surface area is 134 Å². The van der Waals surface area contributed by atoms with E-state index in [0.717, 1.165) is 19.3 Å². The molecule has 2 rings (SSSR count). The topological polar surface area (TPSA) is 67.9 Å². The Kier molecular flexibility index (Phi) is 5.49. The molecular formula is C15H19ClN2O4. The fourth-order valence-electron chi connectivity index (χ4n) is 2.37. The summed E-state index contributed by atoms with van der Waals surface area (Å²) in [5.74, 6) is -0.464. The number of hydrogen-bond donors (Lipinski definition) is 1. The van der Waals surface area contributed by atoms with Gasteiger partial charge in [0.2, 0.25) is 0 Å². The lowest BCUT2D eigenvalue weighted by atomic mass is 10.1. The van der Waals surface area contributed by atoms with E-state index < -0.39 is 11.8 Å². The number of methoxy groups -OCH3 is 2. The highest BCUT2D eigenvalue weighted by Crippen LogP contribution is 2.35. The number of ether oxygens (including phenoxy) is 2. The van der Waals surface area contributed by atoms with E-state index in [4.69, 9.17) is 21.1 Å². The molecule has 1 aromatic rings. The van der Waals surface area contributed by atoms with E-state index in [-0.39, 0.29) is 0 Å². The SMILES string of the molecule is COc1cc(NC(=O)C(=O)N2CCCCC2)c(OC)cc1Cl. The molecule has 1 aromatic carbocycles. The van der Waals surface area contributed by atoms with Crippen LogP contribution >= 0.6 is 11.6 Å². The first-order chi connectivity index (χ1) is 10.6. The van der Waals surface area contributed by atoms with Crippen LogP contribution in [0.1, 0.15) is 19.3 Å². The van der Waals surface area contributed by atoms with Gasteiger partial charge in [-0.1, -0.05) is 11.6 Å². The maximum atomic E-state index is 12.1. The Balaban J connectivity index is 2.14. The van der Waals surface area contributed by atoms with Crippen LogP contribution in [-0.4, -0.2) is 44.0 Å². The average Bonchev–Trinajstić information content (AvgIpc) is 2.55. The number of anilines is 1. The first kappa shape index (κ1) is 16.4.